The largest absolute Gasteiger partial charge is 0.379 e. The molecule has 1 fully saturated rings. The molecule has 0 aliphatic carbocycles. The van der Waals surface area contributed by atoms with Crippen molar-refractivity contribution < 1.29 is 9.53 Å². The van der Waals surface area contributed by atoms with Gasteiger partial charge in [-0.05, 0) is 6.42 Å². The fraction of sp³-hybridized carbons (Fsp3) is 0.583. The Morgan fingerprint density at radius 2 is 2.28 bits per heavy atom. The molecule has 0 radical (unpaired) electrons. The molecule has 6 heteroatoms. The van der Waals surface area contributed by atoms with Gasteiger partial charge in [0.05, 0.1) is 30.7 Å². The van der Waals surface area contributed by atoms with Crippen molar-refractivity contribution in [3.05, 3.63) is 18.2 Å². The molecule has 98 valence electrons. The number of nitrogens with zero attached hydrogens (tertiary/aromatic N) is 3. The lowest BCUT2D eigenvalue weighted by molar-refractivity contribution is 0.164. The molecule has 0 spiro atoms. The van der Waals surface area contributed by atoms with Crippen molar-refractivity contribution >= 4 is 11.7 Å². The zero-order valence-electron chi connectivity index (χ0n) is 10.7. The van der Waals surface area contributed by atoms with E-state index in [-0.39, 0.29) is 12.1 Å². The zero-order chi connectivity index (χ0) is 13.0. The zero-order valence-corrected chi connectivity index (χ0v) is 10.7. The van der Waals surface area contributed by atoms with Crippen LogP contribution in [0.25, 0.3) is 0 Å². The second-order valence-corrected chi connectivity index (χ2v) is 4.30. The summed E-state index contributed by atoms with van der Waals surface area (Å²) in [4.78, 5) is 21.9. The minimum absolute atomic E-state index is 0.154. The van der Waals surface area contributed by atoms with Crippen molar-refractivity contribution in [3.63, 3.8) is 0 Å². The van der Waals surface area contributed by atoms with Crippen LogP contribution < -0.4 is 5.32 Å². The van der Waals surface area contributed by atoms with Crippen LogP contribution >= 0.6 is 0 Å². The van der Waals surface area contributed by atoms with Crippen molar-refractivity contribution in [1.29, 1.82) is 0 Å². The van der Waals surface area contributed by atoms with E-state index in [0.717, 1.165) is 25.3 Å². The smallest absolute Gasteiger partial charge is 0.322 e. The third-order valence-electron chi connectivity index (χ3n) is 3.05. The number of anilines is 1. The first kappa shape index (κ1) is 12.8. The molecule has 1 saturated heterocycles. The van der Waals surface area contributed by atoms with E-state index >= 15 is 0 Å². The van der Waals surface area contributed by atoms with E-state index in [1.807, 2.05) is 6.92 Å². The Morgan fingerprint density at radius 1 is 1.56 bits per heavy atom. The highest BCUT2D eigenvalue weighted by atomic mass is 16.5. The number of hydrogen-bond donors (Lipinski definition) is 1. The molecule has 6 nitrogen and oxygen atoms in total. The molecule has 1 aromatic rings. The van der Waals surface area contributed by atoms with Gasteiger partial charge in [0.1, 0.15) is 5.82 Å². The number of rotatable bonds is 3. The Morgan fingerprint density at radius 3 is 2.83 bits per heavy atom. The third-order valence-corrected chi connectivity index (χ3v) is 3.05. The summed E-state index contributed by atoms with van der Waals surface area (Å²) in [5, 5.41) is 2.78. The molecule has 2 rings (SSSR count). The van der Waals surface area contributed by atoms with Gasteiger partial charge in [-0.2, -0.15) is 0 Å². The van der Waals surface area contributed by atoms with Crippen molar-refractivity contribution in [2.45, 2.75) is 25.8 Å². The second kappa shape index (κ2) is 5.77. The Balaban J connectivity index is 1.93. The topological polar surface area (TPSA) is 67.4 Å². The van der Waals surface area contributed by atoms with Crippen LogP contribution in [0.4, 0.5) is 10.5 Å². The van der Waals surface area contributed by atoms with E-state index in [4.69, 9.17) is 4.74 Å². The number of hydrogen-bond acceptors (Lipinski definition) is 4. The predicted molar refractivity (Wildman–Crippen MR) is 67.4 cm³/mol. The fourth-order valence-corrected chi connectivity index (χ4v) is 1.81. The number of aromatic nitrogens is 2. The molecule has 1 aliphatic heterocycles. The van der Waals surface area contributed by atoms with E-state index in [9.17, 15) is 4.79 Å². The minimum Gasteiger partial charge on any atom is -0.379 e. The van der Waals surface area contributed by atoms with Crippen LogP contribution in [0.3, 0.4) is 0 Å². The number of amides is 2. The molecule has 0 saturated carbocycles. The van der Waals surface area contributed by atoms with Crippen LogP contribution in [0.15, 0.2) is 12.4 Å². The third kappa shape index (κ3) is 2.95. The quantitative estimate of drug-likeness (QED) is 0.877. The monoisotopic (exact) mass is 250 g/mol. The Kier molecular flexibility index (Phi) is 4.09. The summed E-state index contributed by atoms with van der Waals surface area (Å²) in [6.07, 6.45) is 4.92. The molecule has 0 aromatic carbocycles. The van der Waals surface area contributed by atoms with Crippen LogP contribution in [-0.4, -0.2) is 47.2 Å². The van der Waals surface area contributed by atoms with Gasteiger partial charge >= 0.3 is 6.03 Å². The van der Waals surface area contributed by atoms with Crippen molar-refractivity contribution in [3.8, 4) is 0 Å². The number of likely N-dealkylation sites (N-methyl/N-ethyl adjacent to an activating group) is 1. The highest BCUT2D eigenvalue weighted by Gasteiger charge is 2.24. The van der Waals surface area contributed by atoms with Gasteiger partial charge in [0, 0.05) is 20.1 Å². The van der Waals surface area contributed by atoms with Gasteiger partial charge in [0.25, 0.3) is 0 Å². The molecule has 0 bridgehead atoms. The number of ether oxygens (including phenoxy) is 1. The summed E-state index contributed by atoms with van der Waals surface area (Å²) in [7, 11) is 1.77. The van der Waals surface area contributed by atoms with Crippen LogP contribution in [-0.2, 0) is 11.2 Å². The van der Waals surface area contributed by atoms with Crippen LogP contribution in [0, 0.1) is 0 Å². The molecule has 2 amide bonds. The molecule has 1 unspecified atom stereocenters. The first-order chi connectivity index (χ1) is 8.70. The number of nitrogens with one attached hydrogen (secondary N) is 1. The van der Waals surface area contributed by atoms with Crippen molar-refractivity contribution in [1.82, 2.24) is 14.9 Å². The highest BCUT2D eigenvalue weighted by Crippen LogP contribution is 2.12. The average Bonchev–Trinajstić information content (AvgIpc) is 2.92. The molecule has 18 heavy (non-hydrogen) atoms. The van der Waals surface area contributed by atoms with Gasteiger partial charge in [-0.25, -0.2) is 14.8 Å². The molecule has 1 atom stereocenters. The maximum Gasteiger partial charge on any atom is 0.322 e. The lowest BCUT2D eigenvalue weighted by Gasteiger charge is -2.23. The molecular formula is C12H18N4O2. The minimum atomic E-state index is -0.154. The fourth-order valence-electron chi connectivity index (χ4n) is 1.81. The van der Waals surface area contributed by atoms with E-state index in [1.165, 1.54) is 0 Å². The van der Waals surface area contributed by atoms with Gasteiger partial charge in [-0.15, -0.1) is 0 Å². The van der Waals surface area contributed by atoms with E-state index in [1.54, 1.807) is 24.3 Å². The predicted octanol–water partition coefficient (Wildman–Crippen LogP) is 1.29. The standard InChI is InChI=1S/C12H18N4O2/c1-3-11-13-6-9(7-14-11)15-12(17)16(2)10-4-5-18-8-10/h6-7,10H,3-5,8H2,1-2H3,(H,15,17). The highest BCUT2D eigenvalue weighted by molar-refractivity contribution is 5.88. The second-order valence-electron chi connectivity index (χ2n) is 4.30. The first-order valence-electron chi connectivity index (χ1n) is 6.13. The SMILES string of the molecule is CCc1ncc(NC(=O)N(C)C2CCOC2)cn1. The Bertz CT molecular complexity index is 401. The summed E-state index contributed by atoms with van der Waals surface area (Å²) >= 11 is 0. The van der Waals surface area contributed by atoms with Crippen LogP contribution in [0.2, 0.25) is 0 Å². The molecule has 1 N–H and O–H groups in total. The Hall–Kier alpha value is -1.69. The molecule has 1 aliphatic rings. The normalized spacial score (nSPS) is 18.7. The van der Waals surface area contributed by atoms with E-state index in [2.05, 4.69) is 15.3 Å². The van der Waals surface area contributed by atoms with Crippen LogP contribution in [0.5, 0.6) is 0 Å². The number of carbonyl (C=O) groups is 1. The summed E-state index contributed by atoms with van der Waals surface area (Å²) in [5.74, 6) is 0.769. The number of urea groups is 1. The van der Waals surface area contributed by atoms with E-state index in [0.29, 0.717) is 12.3 Å². The number of aryl methyl sites for hydroxylation is 1. The summed E-state index contributed by atoms with van der Waals surface area (Å²) in [6, 6.07) is -0.000758. The average molecular weight is 250 g/mol. The van der Waals surface area contributed by atoms with Gasteiger partial charge in [-0.3, -0.25) is 0 Å². The molecule has 1 aromatic heterocycles. The first-order valence-corrected chi connectivity index (χ1v) is 6.13. The lowest BCUT2D eigenvalue weighted by atomic mass is 10.2. The van der Waals surface area contributed by atoms with Crippen molar-refractivity contribution in [2.24, 2.45) is 0 Å². The van der Waals surface area contributed by atoms with Crippen LogP contribution in [0.1, 0.15) is 19.2 Å². The molecule has 2 heterocycles. The summed E-state index contributed by atoms with van der Waals surface area (Å²) in [6.45, 7) is 3.31. The Labute approximate surface area is 106 Å². The maximum atomic E-state index is 12.0. The summed E-state index contributed by atoms with van der Waals surface area (Å²) in [5.41, 5.74) is 0.614. The van der Waals surface area contributed by atoms with E-state index < -0.39 is 0 Å². The molecular weight excluding hydrogens is 232 g/mol. The van der Waals surface area contributed by atoms with Gasteiger partial charge < -0.3 is 15.0 Å². The lowest BCUT2D eigenvalue weighted by Crippen LogP contribution is -2.40. The number of carbonyl (C=O) groups excluding carboxylic acids is 1. The van der Waals surface area contributed by atoms with Gasteiger partial charge in [-0.1, -0.05) is 6.92 Å². The summed E-state index contributed by atoms with van der Waals surface area (Å²) < 4.78 is 5.26. The van der Waals surface area contributed by atoms with Gasteiger partial charge in [0.15, 0.2) is 0 Å². The maximum absolute atomic E-state index is 12.0. The van der Waals surface area contributed by atoms with Gasteiger partial charge in [0.2, 0.25) is 0 Å². The van der Waals surface area contributed by atoms with Crippen molar-refractivity contribution in [2.75, 3.05) is 25.6 Å².